The zero-order valence-corrected chi connectivity index (χ0v) is 10.3. The van der Waals surface area contributed by atoms with Crippen molar-refractivity contribution < 1.29 is 14.7 Å². The molecule has 98 valence electrons. The average Bonchev–Trinajstić information content (AvgIpc) is 2.25. The van der Waals surface area contributed by atoms with E-state index in [1.54, 1.807) is 32.2 Å². The standard InChI is InChI=1S/C11H16N4O3/c1-11(2,6-9(16)17)14-10(18)12-7-8-4-3-5-13-15-8/h3-5H,6-7H2,1-2H3,(H,16,17)(H2,12,14,18). The van der Waals surface area contributed by atoms with Crippen LogP contribution in [0.15, 0.2) is 18.3 Å². The van der Waals surface area contributed by atoms with E-state index in [4.69, 9.17) is 5.11 Å². The summed E-state index contributed by atoms with van der Waals surface area (Å²) in [6.07, 6.45) is 1.39. The van der Waals surface area contributed by atoms with Crippen molar-refractivity contribution in [2.45, 2.75) is 32.4 Å². The second kappa shape index (κ2) is 5.95. The quantitative estimate of drug-likeness (QED) is 0.709. The molecule has 0 aromatic carbocycles. The number of carboxylic acid groups (broad SMARTS) is 1. The minimum absolute atomic E-state index is 0.147. The number of carbonyl (C=O) groups excluding carboxylic acids is 1. The SMILES string of the molecule is CC(C)(CC(=O)O)NC(=O)NCc1cccnn1. The van der Waals surface area contributed by atoms with E-state index in [1.807, 2.05) is 0 Å². The third-order valence-corrected chi connectivity index (χ3v) is 2.10. The predicted octanol–water partition coefficient (Wildman–Crippen LogP) is 0.529. The van der Waals surface area contributed by atoms with Crippen LogP contribution < -0.4 is 10.6 Å². The lowest BCUT2D eigenvalue weighted by atomic mass is 10.0. The van der Waals surface area contributed by atoms with Gasteiger partial charge in [0.2, 0.25) is 0 Å². The zero-order chi connectivity index (χ0) is 13.6. The minimum Gasteiger partial charge on any atom is -0.481 e. The number of nitrogens with zero attached hydrogens (tertiary/aromatic N) is 2. The van der Waals surface area contributed by atoms with E-state index in [0.29, 0.717) is 5.69 Å². The maximum atomic E-state index is 11.6. The number of rotatable bonds is 5. The Labute approximate surface area is 105 Å². The van der Waals surface area contributed by atoms with Crippen molar-refractivity contribution in [1.82, 2.24) is 20.8 Å². The van der Waals surface area contributed by atoms with Crippen molar-refractivity contribution in [2.75, 3.05) is 0 Å². The van der Waals surface area contributed by atoms with E-state index in [2.05, 4.69) is 20.8 Å². The Balaban J connectivity index is 2.40. The number of hydrogen-bond acceptors (Lipinski definition) is 4. The molecule has 1 aromatic heterocycles. The lowest BCUT2D eigenvalue weighted by molar-refractivity contribution is -0.138. The predicted molar refractivity (Wildman–Crippen MR) is 63.7 cm³/mol. The summed E-state index contributed by atoms with van der Waals surface area (Å²) in [6.45, 7) is 3.52. The summed E-state index contributed by atoms with van der Waals surface area (Å²) >= 11 is 0. The second-order valence-electron chi connectivity index (χ2n) is 4.48. The second-order valence-corrected chi connectivity index (χ2v) is 4.48. The van der Waals surface area contributed by atoms with Gasteiger partial charge in [-0.25, -0.2) is 4.79 Å². The molecule has 0 atom stereocenters. The van der Waals surface area contributed by atoms with Crippen molar-refractivity contribution in [2.24, 2.45) is 0 Å². The minimum atomic E-state index is -0.964. The molecule has 2 amide bonds. The number of carbonyl (C=O) groups is 2. The first-order valence-electron chi connectivity index (χ1n) is 5.43. The van der Waals surface area contributed by atoms with Gasteiger partial charge in [0.25, 0.3) is 0 Å². The maximum Gasteiger partial charge on any atom is 0.315 e. The summed E-state index contributed by atoms with van der Waals surface area (Å²) in [7, 11) is 0. The third kappa shape index (κ3) is 5.24. The first kappa shape index (κ1) is 13.9. The normalized spacial score (nSPS) is 10.8. The van der Waals surface area contributed by atoms with Gasteiger partial charge >= 0.3 is 12.0 Å². The molecule has 0 aliphatic carbocycles. The van der Waals surface area contributed by atoms with Crippen LogP contribution in [-0.4, -0.2) is 32.8 Å². The monoisotopic (exact) mass is 252 g/mol. The van der Waals surface area contributed by atoms with Crippen LogP contribution >= 0.6 is 0 Å². The van der Waals surface area contributed by atoms with E-state index in [-0.39, 0.29) is 13.0 Å². The van der Waals surface area contributed by atoms with Crippen LogP contribution in [0, 0.1) is 0 Å². The molecule has 0 fully saturated rings. The highest BCUT2D eigenvalue weighted by Gasteiger charge is 2.23. The van der Waals surface area contributed by atoms with Gasteiger partial charge in [-0.3, -0.25) is 4.79 Å². The highest BCUT2D eigenvalue weighted by molar-refractivity contribution is 5.76. The Morgan fingerprint density at radius 3 is 2.72 bits per heavy atom. The number of urea groups is 1. The number of amides is 2. The molecule has 0 spiro atoms. The highest BCUT2D eigenvalue weighted by Crippen LogP contribution is 2.07. The smallest absolute Gasteiger partial charge is 0.315 e. The maximum absolute atomic E-state index is 11.6. The molecule has 1 rings (SSSR count). The molecule has 7 heteroatoms. The van der Waals surface area contributed by atoms with Crippen LogP contribution in [-0.2, 0) is 11.3 Å². The molecule has 1 heterocycles. The van der Waals surface area contributed by atoms with Crippen molar-refractivity contribution in [3.05, 3.63) is 24.0 Å². The van der Waals surface area contributed by atoms with Gasteiger partial charge in [0, 0.05) is 11.7 Å². The molecule has 18 heavy (non-hydrogen) atoms. The number of hydrogen-bond donors (Lipinski definition) is 3. The molecule has 0 aliphatic rings. The Morgan fingerprint density at radius 1 is 1.44 bits per heavy atom. The third-order valence-electron chi connectivity index (χ3n) is 2.10. The van der Waals surface area contributed by atoms with Gasteiger partial charge in [0.05, 0.1) is 18.7 Å². The largest absolute Gasteiger partial charge is 0.481 e. The number of carboxylic acids is 1. The van der Waals surface area contributed by atoms with Crippen molar-refractivity contribution in [3.8, 4) is 0 Å². The van der Waals surface area contributed by atoms with Crippen molar-refractivity contribution in [3.63, 3.8) is 0 Å². The number of aromatic nitrogens is 2. The van der Waals surface area contributed by atoms with E-state index in [9.17, 15) is 9.59 Å². The van der Waals surface area contributed by atoms with Crippen LogP contribution in [0.3, 0.4) is 0 Å². The Morgan fingerprint density at radius 2 is 2.17 bits per heavy atom. The van der Waals surface area contributed by atoms with Gasteiger partial charge < -0.3 is 15.7 Å². The van der Waals surface area contributed by atoms with Crippen molar-refractivity contribution >= 4 is 12.0 Å². The average molecular weight is 252 g/mol. The van der Waals surface area contributed by atoms with Gasteiger partial charge in [0.1, 0.15) is 0 Å². The van der Waals surface area contributed by atoms with E-state index in [0.717, 1.165) is 0 Å². The molecule has 0 radical (unpaired) electrons. The molecule has 0 saturated heterocycles. The van der Waals surface area contributed by atoms with Gasteiger partial charge in [-0.05, 0) is 26.0 Å². The molecular formula is C11H16N4O3. The molecule has 1 aromatic rings. The first-order valence-corrected chi connectivity index (χ1v) is 5.43. The van der Waals surface area contributed by atoms with E-state index in [1.165, 1.54) is 0 Å². The van der Waals surface area contributed by atoms with Gasteiger partial charge in [-0.1, -0.05) is 0 Å². The lowest BCUT2D eigenvalue weighted by Crippen LogP contribution is -2.49. The zero-order valence-electron chi connectivity index (χ0n) is 10.3. The summed E-state index contributed by atoms with van der Waals surface area (Å²) in [5.74, 6) is -0.964. The topological polar surface area (TPSA) is 104 Å². The molecule has 3 N–H and O–H groups in total. The van der Waals surface area contributed by atoms with E-state index < -0.39 is 17.5 Å². The highest BCUT2D eigenvalue weighted by atomic mass is 16.4. The molecular weight excluding hydrogens is 236 g/mol. The van der Waals surface area contributed by atoms with Gasteiger partial charge in [-0.15, -0.1) is 0 Å². The summed E-state index contributed by atoms with van der Waals surface area (Å²) in [4.78, 5) is 22.1. The molecule has 0 saturated carbocycles. The van der Waals surface area contributed by atoms with Crippen molar-refractivity contribution in [1.29, 1.82) is 0 Å². The summed E-state index contributed by atoms with van der Waals surface area (Å²) in [5.41, 5.74) is -0.179. The lowest BCUT2D eigenvalue weighted by Gasteiger charge is -2.24. The molecule has 0 bridgehead atoms. The Hall–Kier alpha value is -2.18. The van der Waals surface area contributed by atoms with Gasteiger partial charge in [-0.2, -0.15) is 10.2 Å². The van der Waals surface area contributed by atoms with Gasteiger partial charge in [0.15, 0.2) is 0 Å². The van der Waals surface area contributed by atoms with E-state index >= 15 is 0 Å². The molecule has 7 nitrogen and oxygen atoms in total. The first-order chi connectivity index (χ1) is 8.39. The fourth-order valence-corrected chi connectivity index (χ4v) is 1.37. The number of aliphatic carboxylic acids is 1. The number of nitrogens with one attached hydrogen (secondary N) is 2. The Kier molecular flexibility index (Phi) is 4.59. The summed E-state index contributed by atoms with van der Waals surface area (Å²) in [6, 6.07) is 3.01. The molecule has 0 aliphatic heterocycles. The summed E-state index contributed by atoms with van der Waals surface area (Å²) < 4.78 is 0. The van der Waals surface area contributed by atoms with Crippen LogP contribution in [0.25, 0.3) is 0 Å². The Bertz CT molecular complexity index is 420. The van der Waals surface area contributed by atoms with Crippen LogP contribution in [0.4, 0.5) is 4.79 Å². The van der Waals surface area contributed by atoms with Crippen LogP contribution in [0.1, 0.15) is 26.0 Å². The summed E-state index contributed by atoms with van der Waals surface area (Å²) in [5, 5.41) is 21.3. The van der Waals surface area contributed by atoms with Crippen LogP contribution in [0.2, 0.25) is 0 Å². The fraction of sp³-hybridized carbons (Fsp3) is 0.455. The fourth-order valence-electron chi connectivity index (χ4n) is 1.37. The van der Waals surface area contributed by atoms with Crippen LogP contribution in [0.5, 0.6) is 0 Å². The molecule has 0 unspecified atom stereocenters.